The van der Waals surface area contributed by atoms with Gasteiger partial charge in [-0.1, -0.05) is 13.8 Å². The van der Waals surface area contributed by atoms with Crippen molar-refractivity contribution in [1.29, 1.82) is 0 Å². The lowest BCUT2D eigenvalue weighted by Crippen LogP contribution is -2.41. The number of ether oxygens (including phenoxy) is 1. The van der Waals surface area contributed by atoms with Crippen LogP contribution in [0.2, 0.25) is 0 Å². The van der Waals surface area contributed by atoms with Gasteiger partial charge in [0.1, 0.15) is 12.4 Å². The molecule has 0 aromatic carbocycles. The zero-order valence-corrected chi connectivity index (χ0v) is 12.2. The Morgan fingerprint density at radius 3 is 2.68 bits per heavy atom. The van der Waals surface area contributed by atoms with Gasteiger partial charge in [-0.2, -0.15) is 0 Å². The van der Waals surface area contributed by atoms with E-state index < -0.39 is 0 Å². The lowest BCUT2D eigenvalue weighted by atomic mass is 10.2. The minimum Gasteiger partial charge on any atom is -0.453 e. The van der Waals surface area contributed by atoms with Gasteiger partial charge in [-0.05, 0) is 32.1 Å². The minimum absolute atomic E-state index is 0.179. The van der Waals surface area contributed by atoms with E-state index >= 15 is 0 Å². The van der Waals surface area contributed by atoms with Crippen molar-refractivity contribution in [2.75, 3.05) is 26.7 Å². The number of likely N-dealkylation sites (N-methyl/N-ethyl adjacent to an activating group) is 1. The standard InChI is InChI=1S/C14H24N2O3/c1-5-16(6-2)11(3)9-15-14(17)13-8-7-12(19-13)10-18-4/h7-8,11H,5-6,9-10H2,1-4H3,(H,15,17). The highest BCUT2D eigenvalue weighted by Gasteiger charge is 2.14. The Bertz CT molecular complexity index is 386. The summed E-state index contributed by atoms with van der Waals surface area (Å²) in [7, 11) is 1.59. The molecule has 5 heteroatoms. The number of methoxy groups -OCH3 is 1. The van der Waals surface area contributed by atoms with Gasteiger partial charge >= 0.3 is 0 Å². The predicted octanol–water partition coefficient (Wildman–Crippen LogP) is 1.89. The molecule has 0 bridgehead atoms. The Balaban J connectivity index is 2.45. The van der Waals surface area contributed by atoms with E-state index in [4.69, 9.17) is 9.15 Å². The van der Waals surface area contributed by atoms with Crippen molar-refractivity contribution in [3.63, 3.8) is 0 Å². The molecule has 0 fully saturated rings. The molecule has 0 aliphatic carbocycles. The number of carbonyl (C=O) groups is 1. The van der Waals surface area contributed by atoms with Crippen LogP contribution in [0.5, 0.6) is 0 Å². The second-order valence-corrected chi connectivity index (χ2v) is 4.48. The highest BCUT2D eigenvalue weighted by atomic mass is 16.5. The van der Waals surface area contributed by atoms with Crippen LogP contribution in [-0.4, -0.2) is 43.6 Å². The van der Waals surface area contributed by atoms with Gasteiger partial charge in [-0.15, -0.1) is 0 Å². The molecule has 1 amide bonds. The zero-order valence-electron chi connectivity index (χ0n) is 12.2. The highest BCUT2D eigenvalue weighted by Crippen LogP contribution is 2.08. The van der Waals surface area contributed by atoms with E-state index in [1.807, 2.05) is 0 Å². The Morgan fingerprint density at radius 1 is 1.42 bits per heavy atom. The quantitative estimate of drug-likeness (QED) is 0.782. The van der Waals surface area contributed by atoms with Crippen molar-refractivity contribution in [3.8, 4) is 0 Å². The van der Waals surface area contributed by atoms with E-state index in [1.165, 1.54) is 0 Å². The third kappa shape index (κ3) is 4.69. The van der Waals surface area contributed by atoms with Crippen molar-refractivity contribution >= 4 is 5.91 Å². The van der Waals surface area contributed by atoms with Gasteiger partial charge in [0, 0.05) is 19.7 Å². The van der Waals surface area contributed by atoms with Crippen molar-refractivity contribution in [3.05, 3.63) is 23.7 Å². The molecule has 0 saturated heterocycles. The molecule has 0 aliphatic rings. The first kappa shape index (κ1) is 15.7. The van der Waals surface area contributed by atoms with E-state index in [0.29, 0.717) is 30.7 Å². The summed E-state index contributed by atoms with van der Waals surface area (Å²) in [6, 6.07) is 3.74. The van der Waals surface area contributed by atoms with Crippen LogP contribution in [0.25, 0.3) is 0 Å². The molecule has 0 aliphatic heterocycles. The minimum atomic E-state index is -0.179. The smallest absolute Gasteiger partial charge is 0.287 e. The number of furan rings is 1. The van der Waals surface area contributed by atoms with Crippen LogP contribution in [0.1, 0.15) is 37.1 Å². The fourth-order valence-corrected chi connectivity index (χ4v) is 2.02. The maximum absolute atomic E-state index is 11.9. The summed E-state index contributed by atoms with van der Waals surface area (Å²) in [4.78, 5) is 14.2. The predicted molar refractivity (Wildman–Crippen MR) is 74.1 cm³/mol. The van der Waals surface area contributed by atoms with Crippen molar-refractivity contribution < 1.29 is 13.9 Å². The van der Waals surface area contributed by atoms with Crippen LogP contribution in [-0.2, 0) is 11.3 Å². The summed E-state index contributed by atoms with van der Waals surface area (Å²) in [5, 5.41) is 2.89. The third-order valence-electron chi connectivity index (χ3n) is 3.17. The monoisotopic (exact) mass is 268 g/mol. The van der Waals surface area contributed by atoms with Crippen LogP contribution in [0.4, 0.5) is 0 Å². The molecule has 0 spiro atoms. The molecule has 1 unspecified atom stereocenters. The van der Waals surface area contributed by atoms with Crippen LogP contribution in [0.15, 0.2) is 16.5 Å². The average Bonchev–Trinajstić information content (AvgIpc) is 2.86. The zero-order chi connectivity index (χ0) is 14.3. The second-order valence-electron chi connectivity index (χ2n) is 4.48. The van der Waals surface area contributed by atoms with E-state index in [9.17, 15) is 4.79 Å². The number of nitrogens with one attached hydrogen (secondary N) is 1. The largest absolute Gasteiger partial charge is 0.453 e. The Morgan fingerprint density at radius 2 is 2.11 bits per heavy atom. The number of rotatable bonds is 8. The van der Waals surface area contributed by atoms with E-state index in [0.717, 1.165) is 13.1 Å². The average molecular weight is 268 g/mol. The molecule has 1 N–H and O–H groups in total. The Hall–Kier alpha value is -1.33. The lowest BCUT2D eigenvalue weighted by Gasteiger charge is -2.26. The Labute approximate surface area is 114 Å². The maximum Gasteiger partial charge on any atom is 0.287 e. The highest BCUT2D eigenvalue weighted by molar-refractivity contribution is 5.91. The molecule has 5 nitrogen and oxygen atoms in total. The van der Waals surface area contributed by atoms with Gasteiger partial charge in [0.25, 0.3) is 5.91 Å². The van der Waals surface area contributed by atoms with Gasteiger partial charge in [-0.25, -0.2) is 0 Å². The molecule has 1 rings (SSSR count). The normalized spacial score (nSPS) is 12.7. The number of nitrogens with zero attached hydrogens (tertiary/aromatic N) is 1. The van der Waals surface area contributed by atoms with E-state index in [-0.39, 0.29) is 5.91 Å². The van der Waals surface area contributed by atoms with Crippen LogP contribution in [0.3, 0.4) is 0 Å². The van der Waals surface area contributed by atoms with Crippen LogP contribution < -0.4 is 5.32 Å². The summed E-state index contributed by atoms with van der Waals surface area (Å²) >= 11 is 0. The fourth-order valence-electron chi connectivity index (χ4n) is 2.02. The molecule has 1 aromatic rings. The molecular formula is C14H24N2O3. The van der Waals surface area contributed by atoms with Gasteiger partial charge < -0.3 is 14.5 Å². The summed E-state index contributed by atoms with van der Waals surface area (Å²) in [5.74, 6) is 0.810. The summed E-state index contributed by atoms with van der Waals surface area (Å²) in [6.07, 6.45) is 0. The van der Waals surface area contributed by atoms with Crippen molar-refractivity contribution in [2.45, 2.75) is 33.4 Å². The van der Waals surface area contributed by atoms with E-state index in [1.54, 1.807) is 19.2 Å². The maximum atomic E-state index is 11.9. The summed E-state index contributed by atoms with van der Waals surface area (Å²) in [6.45, 7) is 9.28. The van der Waals surface area contributed by atoms with Gasteiger partial charge in [0.15, 0.2) is 5.76 Å². The molecule has 0 radical (unpaired) electrons. The van der Waals surface area contributed by atoms with Gasteiger partial charge in [0.2, 0.25) is 0 Å². The summed E-state index contributed by atoms with van der Waals surface area (Å²) < 4.78 is 10.3. The SMILES string of the molecule is CCN(CC)C(C)CNC(=O)c1ccc(COC)o1. The fraction of sp³-hybridized carbons (Fsp3) is 0.643. The first-order chi connectivity index (χ1) is 9.12. The summed E-state index contributed by atoms with van der Waals surface area (Å²) in [5.41, 5.74) is 0. The second kappa shape index (κ2) is 7.96. The lowest BCUT2D eigenvalue weighted by molar-refractivity contribution is 0.0901. The van der Waals surface area contributed by atoms with Gasteiger partial charge in [-0.3, -0.25) is 9.69 Å². The first-order valence-corrected chi connectivity index (χ1v) is 6.72. The molecule has 1 atom stereocenters. The molecule has 108 valence electrons. The number of hydrogen-bond acceptors (Lipinski definition) is 4. The topological polar surface area (TPSA) is 54.7 Å². The molecule has 1 heterocycles. The molecule has 0 saturated carbocycles. The molecule has 1 aromatic heterocycles. The van der Waals surface area contributed by atoms with Crippen molar-refractivity contribution in [2.24, 2.45) is 0 Å². The van der Waals surface area contributed by atoms with Crippen LogP contribution >= 0.6 is 0 Å². The van der Waals surface area contributed by atoms with E-state index in [2.05, 4.69) is 31.0 Å². The third-order valence-corrected chi connectivity index (χ3v) is 3.17. The molecular weight excluding hydrogens is 244 g/mol. The first-order valence-electron chi connectivity index (χ1n) is 6.72. The van der Waals surface area contributed by atoms with Crippen LogP contribution in [0, 0.1) is 0 Å². The number of carbonyl (C=O) groups excluding carboxylic acids is 1. The Kier molecular flexibility index (Phi) is 6.59. The van der Waals surface area contributed by atoms with Crippen molar-refractivity contribution in [1.82, 2.24) is 10.2 Å². The van der Waals surface area contributed by atoms with Gasteiger partial charge in [0.05, 0.1) is 0 Å². The number of hydrogen-bond donors (Lipinski definition) is 1. The number of amides is 1. The molecule has 19 heavy (non-hydrogen) atoms.